The van der Waals surface area contributed by atoms with Crippen LogP contribution in [0.5, 0.6) is 5.75 Å². The standard InChI is InChI=1S/C16H24O3/c1-10-7-11(2)14(17)13(8-10)9-12(3)19-15(18)16(4,5)6/h7-8,12,17H,9H2,1-6H3. The topological polar surface area (TPSA) is 46.5 Å². The number of benzene rings is 1. The van der Waals surface area contributed by atoms with Crippen molar-refractivity contribution in [3.05, 3.63) is 28.8 Å². The number of esters is 1. The van der Waals surface area contributed by atoms with Gasteiger partial charge in [-0.15, -0.1) is 0 Å². The Hall–Kier alpha value is -1.51. The van der Waals surface area contributed by atoms with Crippen LogP contribution < -0.4 is 0 Å². The lowest BCUT2D eigenvalue weighted by atomic mass is 9.97. The molecule has 3 nitrogen and oxygen atoms in total. The highest BCUT2D eigenvalue weighted by Crippen LogP contribution is 2.26. The van der Waals surface area contributed by atoms with E-state index in [1.807, 2.05) is 53.7 Å². The highest BCUT2D eigenvalue weighted by molar-refractivity contribution is 5.75. The molecule has 0 aliphatic rings. The molecule has 0 aliphatic heterocycles. The average Bonchev–Trinajstić information content (AvgIpc) is 2.23. The van der Waals surface area contributed by atoms with Crippen LogP contribution in [-0.4, -0.2) is 17.2 Å². The van der Waals surface area contributed by atoms with Crippen molar-refractivity contribution in [2.45, 2.75) is 54.1 Å². The van der Waals surface area contributed by atoms with Crippen LogP contribution in [-0.2, 0) is 16.0 Å². The fraction of sp³-hybridized carbons (Fsp3) is 0.562. The van der Waals surface area contributed by atoms with Gasteiger partial charge in [-0.3, -0.25) is 4.79 Å². The summed E-state index contributed by atoms with van der Waals surface area (Å²) in [4.78, 5) is 11.8. The van der Waals surface area contributed by atoms with Gasteiger partial charge in [0, 0.05) is 6.42 Å². The monoisotopic (exact) mass is 264 g/mol. The molecule has 0 bridgehead atoms. The lowest BCUT2D eigenvalue weighted by molar-refractivity contribution is -0.157. The van der Waals surface area contributed by atoms with Crippen molar-refractivity contribution in [3.63, 3.8) is 0 Å². The minimum atomic E-state index is -0.501. The molecule has 1 rings (SSSR count). The fourth-order valence-corrected chi connectivity index (χ4v) is 1.91. The Labute approximate surface area is 115 Å². The van der Waals surface area contributed by atoms with E-state index in [0.29, 0.717) is 12.2 Å². The summed E-state index contributed by atoms with van der Waals surface area (Å²) in [7, 11) is 0. The minimum absolute atomic E-state index is 0.219. The maximum absolute atomic E-state index is 11.8. The van der Waals surface area contributed by atoms with Gasteiger partial charge in [0.25, 0.3) is 0 Å². The van der Waals surface area contributed by atoms with Gasteiger partial charge in [0.2, 0.25) is 0 Å². The molecule has 0 saturated carbocycles. The molecule has 3 heteroatoms. The quantitative estimate of drug-likeness (QED) is 0.849. The van der Waals surface area contributed by atoms with E-state index in [1.165, 1.54) is 0 Å². The van der Waals surface area contributed by atoms with E-state index in [0.717, 1.165) is 16.7 Å². The third kappa shape index (κ3) is 4.27. The highest BCUT2D eigenvalue weighted by atomic mass is 16.5. The second-order valence-electron chi connectivity index (χ2n) is 6.26. The molecule has 1 atom stereocenters. The van der Waals surface area contributed by atoms with Gasteiger partial charge in [-0.05, 0) is 52.7 Å². The minimum Gasteiger partial charge on any atom is -0.507 e. The van der Waals surface area contributed by atoms with E-state index in [-0.39, 0.29) is 12.1 Å². The van der Waals surface area contributed by atoms with Gasteiger partial charge in [-0.1, -0.05) is 17.7 Å². The van der Waals surface area contributed by atoms with Crippen molar-refractivity contribution < 1.29 is 14.6 Å². The molecule has 0 radical (unpaired) electrons. The van der Waals surface area contributed by atoms with E-state index in [9.17, 15) is 9.90 Å². The molecule has 0 aliphatic carbocycles. The number of rotatable bonds is 3. The van der Waals surface area contributed by atoms with E-state index < -0.39 is 5.41 Å². The first-order chi connectivity index (χ1) is 8.61. The molecule has 0 saturated heterocycles. The number of carbonyl (C=O) groups excluding carboxylic acids is 1. The molecule has 1 N–H and O–H groups in total. The molecule has 19 heavy (non-hydrogen) atoms. The number of ether oxygens (including phenoxy) is 1. The van der Waals surface area contributed by atoms with Gasteiger partial charge in [0.1, 0.15) is 11.9 Å². The summed E-state index contributed by atoms with van der Waals surface area (Å²) in [5, 5.41) is 10.0. The first kappa shape index (κ1) is 15.5. The van der Waals surface area contributed by atoms with Crippen LogP contribution in [0, 0.1) is 19.3 Å². The predicted octanol–water partition coefficient (Wildman–Crippen LogP) is 3.53. The van der Waals surface area contributed by atoms with Crippen LogP contribution >= 0.6 is 0 Å². The first-order valence-corrected chi connectivity index (χ1v) is 6.61. The zero-order chi connectivity index (χ0) is 14.8. The lowest BCUT2D eigenvalue weighted by Gasteiger charge is -2.21. The van der Waals surface area contributed by atoms with Gasteiger partial charge in [0.05, 0.1) is 5.41 Å². The molecule has 0 amide bonds. The summed E-state index contributed by atoms with van der Waals surface area (Å²) in [5.74, 6) is 0.0770. The molecule has 1 aromatic carbocycles. The van der Waals surface area contributed by atoms with E-state index >= 15 is 0 Å². The van der Waals surface area contributed by atoms with Crippen molar-refractivity contribution in [1.29, 1.82) is 0 Å². The fourth-order valence-electron chi connectivity index (χ4n) is 1.91. The van der Waals surface area contributed by atoms with Crippen molar-refractivity contribution in [2.24, 2.45) is 5.41 Å². The van der Waals surface area contributed by atoms with Gasteiger partial charge in [-0.25, -0.2) is 0 Å². The summed E-state index contributed by atoms with van der Waals surface area (Å²) < 4.78 is 5.40. The van der Waals surface area contributed by atoms with Gasteiger partial charge in [0.15, 0.2) is 0 Å². The lowest BCUT2D eigenvalue weighted by Crippen LogP contribution is -2.27. The zero-order valence-corrected chi connectivity index (χ0v) is 12.7. The third-order valence-electron chi connectivity index (χ3n) is 2.95. The van der Waals surface area contributed by atoms with Gasteiger partial charge in [-0.2, -0.15) is 0 Å². The highest BCUT2D eigenvalue weighted by Gasteiger charge is 2.25. The second kappa shape index (κ2) is 5.64. The molecular formula is C16H24O3. The Kier molecular flexibility index (Phi) is 4.61. The van der Waals surface area contributed by atoms with Crippen LogP contribution in [0.15, 0.2) is 12.1 Å². The summed E-state index contributed by atoms with van der Waals surface area (Å²) in [5.41, 5.74) is 2.27. The summed E-state index contributed by atoms with van der Waals surface area (Å²) in [6, 6.07) is 3.87. The Bertz CT molecular complexity index is 470. The van der Waals surface area contributed by atoms with Crippen molar-refractivity contribution >= 4 is 5.97 Å². The maximum atomic E-state index is 11.8. The number of phenols is 1. The van der Waals surface area contributed by atoms with Crippen LogP contribution in [0.3, 0.4) is 0 Å². The predicted molar refractivity (Wildman–Crippen MR) is 76.3 cm³/mol. The van der Waals surface area contributed by atoms with Crippen LogP contribution in [0.25, 0.3) is 0 Å². The molecule has 1 aromatic rings. The van der Waals surface area contributed by atoms with Gasteiger partial charge < -0.3 is 9.84 Å². The number of hydrogen-bond donors (Lipinski definition) is 1. The molecule has 1 unspecified atom stereocenters. The molecule has 0 heterocycles. The maximum Gasteiger partial charge on any atom is 0.311 e. The SMILES string of the molecule is Cc1cc(C)c(O)c(CC(C)OC(=O)C(C)(C)C)c1. The van der Waals surface area contributed by atoms with Crippen molar-refractivity contribution in [2.75, 3.05) is 0 Å². The number of hydrogen-bond acceptors (Lipinski definition) is 3. The molecule has 0 spiro atoms. The first-order valence-electron chi connectivity index (χ1n) is 6.61. The summed E-state index contributed by atoms with van der Waals surface area (Å²) in [6.45, 7) is 11.2. The third-order valence-corrected chi connectivity index (χ3v) is 2.95. The van der Waals surface area contributed by atoms with E-state index in [1.54, 1.807) is 0 Å². The van der Waals surface area contributed by atoms with Gasteiger partial charge >= 0.3 is 5.97 Å². The smallest absolute Gasteiger partial charge is 0.311 e. The normalized spacial score (nSPS) is 13.2. The molecule has 0 aromatic heterocycles. The number of aryl methyl sites for hydroxylation is 2. The molecule has 0 fully saturated rings. The zero-order valence-electron chi connectivity index (χ0n) is 12.7. The summed E-state index contributed by atoms with van der Waals surface area (Å²) in [6.07, 6.45) is 0.273. The Morgan fingerprint density at radius 3 is 2.42 bits per heavy atom. The largest absolute Gasteiger partial charge is 0.507 e. The second-order valence-corrected chi connectivity index (χ2v) is 6.26. The van der Waals surface area contributed by atoms with E-state index in [2.05, 4.69) is 0 Å². The van der Waals surface area contributed by atoms with E-state index in [4.69, 9.17) is 4.74 Å². The van der Waals surface area contributed by atoms with Crippen molar-refractivity contribution in [1.82, 2.24) is 0 Å². The average molecular weight is 264 g/mol. The Morgan fingerprint density at radius 1 is 1.32 bits per heavy atom. The van der Waals surface area contributed by atoms with Crippen LogP contribution in [0.4, 0.5) is 0 Å². The van der Waals surface area contributed by atoms with Crippen LogP contribution in [0.1, 0.15) is 44.4 Å². The Morgan fingerprint density at radius 2 is 1.89 bits per heavy atom. The van der Waals surface area contributed by atoms with Crippen molar-refractivity contribution in [3.8, 4) is 5.75 Å². The molecule has 106 valence electrons. The number of aromatic hydroxyl groups is 1. The Balaban J connectivity index is 2.78. The number of carbonyl (C=O) groups is 1. The summed E-state index contributed by atoms with van der Waals surface area (Å²) >= 11 is 0. The van der Waals surface area contributed by atoms with Crippen LogP contribution in [0.2, 0.25) is 0 Å². The molecular weight excluding hydrogens is 240 g/mol. The number of phenolic OH excluding ortho intramolecular Hbond substituents is 1.